The van der Waals surface area contributed by atoms with Crippen LogP contribution in [0.25, 0.3) is 5.65 Å². The van der Waals surface area contributed by atoms with Gasteiger partial charge in [-0.3, -0.25) is 4.90 Å². The van der Waals surface area contributed by atoms with Gasteiger partial charge in [0.2, 0.25) is 0 Å². The second-order valence-electron chi connectivity index (χ2n) is 9.02. The molecule has 3 aliphatic heterocycles. The number of hydrogen-bond donors (Lipinski definition) is 2. The summed E-state index contributed by atoms with van der Waals surface area (Å²) in [6, 6.07) is 1.11. The fraction of sp³-hybridized carbons (Fsp3) is 0.409. The Morgan fingerprint density at radius 2 is 2.06 bits per heavy atom. The molecule has 1 unspecified atom stereocenters. The van der Waals surface area contributed by atoms with Crippen molar-refractivity contribution in [3.63, 3.8) is 0 Å². The lowest BCUT2D eigenvalue weighted by atomic mass is 10.0. The first-order valence-corrected chi connectivity index (χ1v) is 10.4. The van der Waals surface area contributed by atoms with Crippen LogP contribution in [0.4, 0.5) is 9.18 Å². The van der Waals surface area contributed by atoms with Crippen molar-refractivity contribution in [1.82, 2.24) is 29.8 Å². The Morgan fingerprint density at radius 1 is 1.26 bits per heavy atom. The average molecular weight is 423 g/mol. The number of amidine groups is 1. The summed E-state index contributed by atoms with van der Waals surface area (Å²) in [6.07, 6.45) is 6.74. The van der Waals surface area contributed by atoms with E-state index < -0.39 is 12.0 Å². The van der Waals surface area contributed by atoms with Gasteiger partial charge < -0.3 is 19.9 Å². The third kappa shape index (κ3) is 3.48. The summed E-state index contributed by atoms with van der Waals surface area (Å²) in [6.45, 7) is 10.7. The first-order chi connectivity index (χ1) is 14.7. The standard InChI is InChI=1S/C22H26FN7O/c1-13-7-16(28-6-5-24-22(3,4)12-28)11-30-19(13)26-18(27-21(30)31)15-8-17(23)20-25-14(2)9-29(20)10-15/h7-11,18,24H,5-6,12H2,1-4H3,(H,27,31). The molecular formula is C22H26FN7O. The molecule has 1 saturated heterocycles. The van der Waals surface area contributed by atoms with Crippen LogP contribution >= 0.6 is 0 Å². The summed E-state index contributed by atoms with van der Waals surface area (Å²) in [5.74, 6) is 0.135. The number of amides is 2. The minimum Gasteiger partial charge on any atom is -0.367 e. The van der Waals surface area contributed by atoms with Crippen LogP contribution in [0.2, 0.25) is 0 Å². The van der Waals surface area contributed by atoms with E-state index in [1.165, 1.54) is 6.07 Å². The zero-order valence-corrected chi connectivity index (χ0v) is 18.1. The molecular weight excluding hydrogens is 397 g/mol. The molecule has 5 rings (SSSR count). The summed E-state index contributed by atoms with van der Waals surface area (Å²) >= 11 is 0. The quantitative estimate of drug-likeness (QED) is 0.779. The van der Waals surface area contributed by atoms with E-state index in [4.69, 9.17) is 4.99 Å². The maximum atomic E-state index is 14.6. The van der Waals surface area contributed by atoms with Crippen LogP contribution in [0.3, 0.4) is 0 Å². The molecule has 3 aliphatic rings. The maximum Gasteiger partial charge on any atom is 0.329 e. The number of aliphatic imine (C=N–C) groups is 1. The second-order valence-corrected chi connectivity index (χ2v) is 9.02. The molecule has 2 N–H and O–H groups in total. The Bertz CT molecular complexity index is 1180. The SMILES string of the molecule is CC1=CC(N2CCNC(C)(C)C2)=CN2C(=O)NC(c3cc(F)c4nc(C)cn4c3)N=C12. The van der Waals surface area contributed by atoms with Crippen molar-refractivity contribution >= 4 is 17.5 Å². The van der Waals surface area contributed by atoms with Crippen LogP contribution in [0.15, 0.2) is 47.0 Å². The number of halogens is 1. The van der Waals surface area contributed by atoms with Crippen molar-refractivity contribution < 1.29 is 9.18 Å². The lowest BCUT2D eigenvalue weighted by Gasteiger charge is -2.42. The number of carbonyl (C=O) groups excluding carboxylic acids is 1. The molecule has 0 saturated carbocycles. The molecule has 2 amide bonds. The molecule has 0 bridgehead atoms. The molecule has 9 heteroatoms. The molecule has 162 valence electrons. The van der Waals surface area contributed by atoms with E-state index in [1.807, 2.05) is 20.0 Å². The highest BCUT2D eigenvalue weighted by atomic mass is 19.1. The highest BCUT2D eigenvalue weighted by Crippen LogP contribution is 2.28. The molecule has 1 fully saturated rings. The lowest BCUT2D eigenvalue weighted by Crippen LogP contribution is -2.57. The molecule has 0 radical (unpaired) electrons. The van der Waals surface area contributed by atoms with Crippen LogP contribution in [0.5, 0.6) is 0 Å². The number of nitrogens with one attached hydrogen (secondary N) is 2. The van der Waals surface area contributed by atoms with Gasteiger partial charge in [0.25, 0.3) is 0 Å². The Labute approximate surface area is 180 Å². The van der Waals surface area contributed by atoms with E-state index >= 15 is 0 Å². The van der Waals surface area contributed by atoms with Gasteiger partial charge in [0.05, 0.1) is 11.4 Å². The summed E-state index contributed by atoms with van der Waals surface area (Å²) in [7, 11) is 0. The molecule has 8 nitrogen and oxygen atoms in total. The topological polar surface area (TPSA) is 77.3 Å². The van der Waals surface area contributed by atoms with Crippen LogP contribution in [-0.2, 0) is 0 Å². The third-order valence-corrected chi connectivity index (χ3v) is 5.84. The molecule has 31 heavy (non-hydrogen) atoms. The summed E-state index contributed by atoms with van der Waals surface area (Å²) in [4.78, 5) is 25.7. The number of aromatic nitrogens is 2. The summed E-state index contributed by atoms with van der Waals surface area (Å²) in [5.41, 5.74) is 3.43. The third-order valence-electron chi connectivity index (χ3n) is 5.84. The number of imidazole rings is 1. The molecule has 5 heterocycles. The van der Waals surface area contributed by atoms with Gasteiger partial charge >= 0.3 is 6.03 Å². The second kappa shape index (κ2) is 6.91. The van der Waals surface area contributed by atoms with Crippen molar-refractivity contribution in [2.75, 3.05) is 19.6 Å². The number of piperazine rings is 1. The van der Waals surface area contributed by atoms with Gasteiger partial charge in [-0.1, -0.05) is 0 Å². The van der Waals surface area contributed by atoms with Crippen LogP contribution in [0.1, 0.15) is 38.2 Å². The minimum absolute atomic E-state index is 0.00114. The smallest absolute Gasteiger partial charge is 0.329 e. The Balaban J connectivity index is 1.48. The number of allylic oxidation sites excluding steroid dienone is 1. The number of hydrogen-bond acceptors (Lipinski definition) is 5. The Kier molecular flexibility index (Phi) is 4.40. The summed E-state index contributed by atoms with van der Waals surface area (Å²) < 4.78 is 16.2. The molecule has 0 aliphatic carbocycles. The van der Waals surface area contributed by atoms with Gasteiger partial charge in [0.15, 0.2) is 17.6 Å². The number of urea groups is 1. The predicted octanol–water partition coefficient (Wildman–Crippen LogP) is 2.69. The molecule has 0 aromatic carbocycles. The van der Waals surface area contributed by atoms with Crippen molar-refractivity contribution in [3.8, 4) is 0 Å². The van der Waals surface area contributed by atoms with Gasteiger partial charge in [0, 0.05) is 49.3 Å². The first-order valence-electron chi connectivity index (χ1n) is 10.4. The number of rotatable bonds is 2. The van der Waals surface area contributed by atoms with Gasteiger partial charge in [-0.25, -0.2) is 19.2 Å². The number of aryl methyl sites for hydroxylation is 1. The van der Waals surface area contributed by atoms with E-state index in [9.17, 15) is 9.18 Å². The highest BCUT2D eigenvalue weighted by molar-refractivity contribution is 6.10. The molecule has 2 aromatic rings. The van der Waals surface area contributed by atoms with Gasteiger partial charge in [-0.15, -0.1) is 0 Å². The minimum atomic E-state index is -0.670. The van der Waals surface area contributed by atoms with Gasteiger partial charge in [-0.05, 0) is 45.4 Å². The number of pyridine rings is 1. The van der Waals surface area contributed by atoms with Crippen LogP contribution in [-0.4, -0.2) is 56.2 Å². The van der Waals surface area contributed by atoms with Crippen LogP contribution < -0.4 is 10.6 Å². The fourth-order valence-electron chi connectivity index (χ4n) is 4.41. The van der Waals surface area contributed by atoms with E-state index in [0.717, 1.165) is 36.6 Å². The van der Waals surface area contributed by atoms with Gasteiger partial charge in [0.1, 0.15) is 5.84 Å². The Morgan fingerprint density at radius 3 is 2.84 bits per heavy atom. The number of fused-ring (bicyclic) bond motifs is 2. The van der Waals surface area contributed by atoms with Crippen molar-refractivity contribution in [3.05, 3.63) is 59.1 Å². The normalized spacial score (nSPS) is 23.2. The van der Waals surface area contributed by atoms with E-state index in [0.29, 0.717) is 11.4 Å². The van der Waals surface area contributed by atoms with Crippen molar-refractivity contribution in [2.45, 2.75) is 39.4 Å². The monoisotopic (exact) mass is 423 g/mol. The molecule has 2 aromatic heterocycles. The predicted molar refractivity (Wildman–Crippen MR) is 116 cm³/mol. The van der Waals surface area contributed by atoms with Crippen LogP contribution in [0, 0.1) is 12.7 Å². The fourth-order valence-corrected chi connectivity index (χ4v) is 4.41. The van der Waals surface area contributed by atoms with Gasteiger partial charge in [-0.2, -0.15) is 0 Å². The zero-order valence-electron chi connectivity index (χ0n) is 18.1. The molecule has 0 spiro atoms. The molecule has 1 atom stereocenters. The average Bonchev–Trinajstić information content (AvgIpc) is 3.08. The summed E-state index contributed by atoms with van der Waals surface area (Å²) in [5, 5.41) is 6.39. The van der Waals surface area contributed by atoms with E-state index in [1.54, 1.807) is 21.7 Å². The Hall–Kier alpha value is -3.20. The van der Waals surface area contributed by atoms with E-state index in [-0.39, 0.29) is 17.2 Å². The van der Waals surface area contributed by atoms with Crippen molar-refractivity contribution in [1.29, 1.82) is 0 Å². The maximum absolute atomic E-state index is 14.6. The largest absolute Gasteiger partial charge is 0.367 e. The lowest BCUT2D eigenvalue weighted by molar-refractivity contribution is 0.191. The zero-order chi connectivity index (χ0) is 21.9. The van der Waals surface area contributed by atoms with E-state index in [2.05, 4.69) is 40.4 Å². The first kappa shape index (κ1) is 19.7. The number of nitrogens with zero attached hydrogens (tertiary/aromatic N) is 5. The highest BCUT2D eigenvalue weighted by Gasteiger charge is 2.34. The van der Waals surface area contributed by atoms with Crippen molar-refractivity contribution in [2.24, 2.45) is 4.99 Å². The number of carbonyl (C=O) groups is 1.